The molecule has 1 aromatic heterocycles. The molecule has 3 rings (SSSR count). The van der Waals surface area contributed by atoms with Gasteiger partial charge >= 0.3 is 6.01 Å². The first kappa shape index (κ1) is 20.2. The van der Waals surface area contributed by atoms with Gasteiger partial charge in [0.25, 0.3) is 0 Å². The summed E-state index contributed by atoms with van der Waals surface area (Å²) in [5.41, 5.74) is 3.01. The van der Waals surface area contributed by atoms with Gasteiger partial charge in [-0.05, 0) is 50.6 Å². The van der Waals surface area contributed by atoms with E-state index in [1.54, 1.807) is 36.4 Å². The standard InChI is InChI=1S/C23H23N3O3/c1-16-15-17(2)25-23(24-16)29-20-13-11-19(12-14-20)26-22(28)10-6-9-21(27)18-7-4-3-5-8-18/h3-5,7-8,11-15H,6,9-10H2,1-2H3,(H,26,28). The third kappa shape index (κ3) is 6.24. The Morgan fingerprint density at radius 1 is 0.897 bits per heavy atom. The monoisotopic (exact) mass is 389 g/mol. The van der Waals surface area contributed by atoms with Gasteiger partial charge in [-0.3, -0.25) is 9.59 Å². The van der Waals surface area contributed by atoms with Crippen LogP contribution in [0.5, 0.6) is 11.8 Å². The zero-order chi connectivity index (χ0) is 20.6. The highest BCUT2D eigenvalue weighted by molar-refractivity contribution is 5.96. The quantitative estimate of drug-likeness (QED) is 0.556. The number of ketones is 1. The number of ether oxygens (including phenoxy) is 1. The molecule has 6 nitrogen and oxygen atoms in total. The van der Waals surface area contributed by atoms with E-state index in [4.69, 9.17) is 4.74 Å². The number of nitrogens with zero attached hydrogens (tertiary/aromatic N) is 2. The summed E-state index contributed by atoms with van der Waals surface area (Å²) in [6.07, 6.45) is 1.14. The number of nitrogens with one attached hydrogen (secondary N) is 1. The minimum atomic E-state index is -0.128. The zero-order valence-electron chi connectivity index (χ0n) is 16.5. The van der Waals surface area contributed by atoms with Gasteiger partial charge < -0.3 is 10.1 Å². The molecule has 2 aromatic carbocycles. The third-order valence-corrected chi connectivity index (χ3v) is 4.21. The molecule has 0 spiro atoms. The first-order chi connectivity index (χ1) is 14.0. The Labute approximate surface area is 170 Å². The summed E-state index contributed by atoms with van der Waals surface area (Å²) < 4.78 is 5.66. The highest BCUT2D eigenvalue weighted by atomic mass is 16.5. The summed E-state index contributed by atoms with van der Waals surface area (Å²) in [4.78, 5) is 32.6. The van der Waals surface area contributed by atoms with Gasteiger partial charge in [0.1, 0.15) is 5.75 Å². The average molecular weight is 389 g/mol. The number of benzene rings is 2. The van der Waals surface area contributed by atoms with Crippen molar-refractivity contribution in [2.75, 3.05) is 5.32 Å². The predicted molar refractivity (Wildman–Crippen MR) is 111 cm³/mol. The number of carbonyl (C=O) groups is 2. The molecule has 0 unspecified atom stereocenters. The number of anilines is 1. The summed E-state index contributed by atoms with van der Waals surface area (Å²) in [6, 6.07) is 18.3. The molecule has 0 radical (unpaired) electrons. The Bertz CT molecular complexity index is 966. The maximum Gasteiger partial charge on any atom is 0.322 e. The van der Waals surface area contributed by atoms with Crippen LogP contribution >= 0.6 is 0 Å². The van der Waals surface area contributed by atoms with E-state index in [1.807, 2.05) is 38.1 Å². The Morgan fingerprint density at radius 3 is 2.21 bits per heavy atom. The summed E-state index contributed by atoms with van der Waals surface area (Å²) in [6.45, 7) is 3.77. The maximum absolute atomic E-state index is 12.1. The number of hydrogen-bond donors (Lipinski definition) is 1. The van der Waals surface area contributed by atoms with Crippen LogP contribution in [0.1, 0.15) is 41.0 Å². The van der Waals surface area contributed by atoms with E-state index in [2.05, 4.69) is 15.3 Å². The number of hydrogen-bond acceptors (Lipinski definition) is 5. The topological polar surface area (TPSA) is 81.2 Å². The van der Waals surface area contributed by atoms with Gasteiger partial charge in [0.2, 0.25) is 5.91 Å². The maximum atomic E-state index is 12.1. The molecule has 0 aliphatic heterocycles. The number of amides is 1. The highest BCUT2D eigenvalue weighted by Crippen LogP contribution is 2.21. The van der Waals surface area contributed by atoms with Crippen LogP contribution in [-0.2, 0) is 4.79 Å². The minimum Gasteiger partial charge on any atom is -0.424 e. The largest absolute Gasteiger partial charge is 0.424 e. The van der Waals surface area contributed by atoms with Crippen LogP contribution in [0.2, 0.25) is 0 Å². The molecule has 0 saturated carbocycles. The van der Waals surface area contributed by atoms with Gasteiger partial charge in [-0.25, -0.2) is 9.97 Å². The zero-order valence-corrected chi connectivity index (χ0v) is 16.5. The summed E-state index contributed by atoms with van der Waals surface area (Å²) in [5.74, 6) is 0.507. The normalized spacial score (nSPS) is 10.4. The van der Waals surface area contributed by atoms with Crippen molar-refractivity contribution in [2.45, 2.75) is 33.1 Å². The lowest BCUT2D eigenvalue weighted by atomic mass is 10.1. The fraction of sp³-hybridized carbons (Fsp3) is 0.217. The van der Waals surface area contributed by atoms with Gasteiger partial charge in [0.05, 0.1) is 0 Å². The second-order valence-corrected chi connectivity index (χ2v) is 6.75. The van der Waals surface area contributed by atoms with Crippen LogP contribution in [0, 0.1) is 13.8 Å². The summed E-state index contributed by atoms with van der Waals surface area (Å²) >= 11 is 0. The number of carbonyl (C=O) groups excluding carboxylic acids is 2. The Balaban J connectivity index is 1.46. The molecule has 0 bridgehead atoms. The lowest BCUT2D eigenvalue weighted by Crippen LogP contribution is -2.12. The second kappa shape index (κ2) is 9.59. The molecule has 29 heavy (non-hydrogen) atoms. The van der Waals surface area contributed by atoms with Gasteiger partial charge in [-0.1, -0.05) is 30.3 Å². The lowest BCUT2D eigenvalue weighted by Gasteiger charge is -2.08. The van der Waals surface area contributed by atoms with Crippen LogP contribution in [0.25, 0.3) is 0 Å². The van der Waals surface area contributed by atoms with Crippen molar-refractivity contribution in [1.82, 2.24) is 9.97 Å². The van der Waals surface area contributed by atoms with Crippen LogP contribution in [0.3, 0.4) is 0 Å². The molecule has 1 N–H and O–H groups in total. The van der Waals surface area contributed by atoms with Crippen molar-refractivity contribution < 1.29 is 14.3 Å². The lowest BCUT2D eigenvalue weighted by molar-refractivity contribution is -0.116. The molecule has 1 heterocycles. The Morgan fingerprint density at radius 2 is 1.55 bits per heavy atom. The molecule has 0 fully saturated rings. The van der Waals surface area contributed by atoms with E-state index in [-0.39, 0.29) is 18.1 Å². The number of rotatable bonds is 8. The molecule has 1 amide bonds. The van der Waals surface area contributed by atoms with Crippen LogP contribution in [0.4, 0.5) is 5.69 Å². The Kier molecular flexibility index (Phi) is 6.68. The molecule has 0 aliphatic rings. The van der Waals surface area contributed by atoms with Crippen molar-refractivity contribution in [3.63, 3.8) is 0 Å². The fourth-order valence-corrected chi connectivity index (χ4v) is 2.85. The first-order valence-corrected chi connectivity index (χ1v) is 9.48. The van der Waals surface area contributed by atoms with Crippen molar-refractivity contribution in [1.29, 1.82) is 0 Å². The van der Waals surface area contributed by atoms with E-state index in [9.17, 15) is 9.59 Å². The van der Waals surface area contributed by atoms with E-state index < -0.39 is 0 Å². The molecule has 0 aliphatic carbocycles. The first-order valence-electron chi connectivity index (χ1n) is 9.48. The van der Waals surface area contributed by atoms with Gasteiger partial charge in [-0.2, -0.15) is 0 Å². The molecule has 6 heteroatoms. The van der Waals surface area contributed by atoms with E-state index >= 15 is 0 Å². The van der Waals surface area contributed by atoms with Gasteiger partial charge in [0, 0.05) is 35.5 Å². The average Bonchev–Trinajstić information content (AvgIpc) is 2.69. The molecule has 3 aromatic rings. The summed E-state index contributed by atoms with van der Waals surface area (Å²) in [5, 5.41) is 2.83. The van der Waals surface area contributed by atoms with E-state index in [0.717, 1.165) is 11.4 Å². The third-order valence-electron chi connectivity index (χ3n) is 4.21. The predicted octanol–water partition coefficient (Wildman–Crippen LogP) is 4.88. The van der Waals surface area contributed by atoms with Crippen molar-refractivity contribution in [2.24, 2.45) is 0 Å². The molecule has 0 atom stereocenters. The van der Waals surface area contributed by atoms with Crippen LogP contribution < -0.4 is 10.1 Å². The SMILES string of the molecule is Cc1cc(C)nc(Oc2ccc(NC(=O)CCCC(=O)c3ccccc3)cc2)n1. The number of aryl methyl sites for hydroxylation is 2. The number of Topliss-reactive ketones (excluding diaryl/α,β-unsaturated/α-hetero) is 1. The van der Waals surface area contributed by atoms with E-state index in [0.29, 0.717) is 35.9 Å². The number of aromatic nitrogens is 2. The van der Waals surface area contributed by atoms with Gasteiger partial charge in [0.15, 0.2) is 5.78 Å². The van der Waals surface area contributed by atoms with E-state index in [1.165, 1.54) is 0 Å². The van der Waals surface area contributed by atoms with Gasteiger partial charge in [-0.15, -0.1) is 0 Å². The van der Waals surface area contributed by atoms with Crippen molar-refractivity contribution in [3.8, 4) is 11.8 Å². The fourth-order valence-electron chi connectivity index (χ4n) is 2.85. The molecular formula is C23H23N3O3. The van der Waals surface area contributed by atoms with Crippen LogP contribution in [-0.4, -0.2) is 21.7 Å². The summed E-state index contributed by atoms with van der Waals surface area (Å²) in [7, 11) is 0. The minimum absolute atomic E-state index is 0.0495. The second-order valence-electron chi connectivity index (χ2n) is 6.75. The molecule has 0 saturated heterocycles. The Hall–Kier alpha value is -3.54. The van der Waals surface area contributed by atoms with Crippen molar-refractivity contribution >= 4 is 17.4 Å². The smallest absolute Gasteiger partial charge is 0.322 e. The molecular weight excluding hydrogens is 366 g/mol. The van der Waals surface area contributed by atoms with Crippen LogP contribution in [0.15, 0.2) is 60.7 Å². The molecule has 148 valence electrons. The van der Waals surface area contributed by atoms with Crippen molar-refractivity contribution in [3.05, 3.63) is 77.6 Å². The highest BCUT2D eigenvalue weighted by Gasteiger charge is 2.08.